The zero-order valence-electron chi connectivity index (χ0n) is 16.2. The fourth-order valence-corrected chi connectivity index (χ4v) is 3.52. The summed E-state index contributed by atoms with van der Waals surface area (Å²) in [5.41, 5.74) is 2.10. The van der Waals surface area contributed by atoms with Gasteiger partial charge >= 0.3 is 5.97 Å². The van der Waals surface area contributed by atoms with E-state index in [1.165, 1.54) is 4.68 Å². The molecule has 6 heteroatoms. The first-order chi connectivity index (χ1) is 14.1. The molecule has 2 heterocycles. The molecule has 1 aliphatic heterocycles. The molecule has 3 aromatic rings. The molecule has 29 heavy (non-hydrogen) atoms. The molecule has 2 aromatic carbocycles. The van der Waals surface area contributed by atoms with E-state index in [0.29, 0.717) is 17.9 Å². The van der Waals surface area contributed by atoms with Gasteiger partial charge in [0.2, 0.25) is 0 Å². The van der Waals surface area contributed by atoms with Crippen molar-refractivity contribution in [1.29, 1.82) is 0 Å². The van der Waals surface area contributed by atoms with Crippen LogP contribution in [0.5, 0.6) is 0 Å². The van der Waals surface area contributed by atoms with Crippen molar-refractivity contribution in [2.75, 3.05) is 13.2 Å². The van der Waals surface area contributed by atoms with E-state index in [4.69, 9.17) is 9.47 Å². The number of aryl methyl sites for hydroxylation is 1. The molecule has 0 saturated carbocycles. The van der Waals surface area contributed by atoms with Gasteiger partial charge in [-0.15, -0.1) is 0 Å². The van der Waals surface area contributed by atoms with Crippen LogP contribution < -0.4 is 5.56 Å². The quantitative estimate of drug-likeness (QED) is 0.624. The van der Waals surface area contributed by atoms with Gasteiger partial charge in [-0.1, -0.05) is 60.7 Å². The van der Waals surface area contributed by atoms with Gasteiger partial charge in [-0.3, -0.25) is 4.79 Å². The van der Waals surface area contributed by atoms with Gasteiger partial charge in [0.1, 0.15) is 12.2 Å². The number of esters is 1. The van der Waals surface area contributed by atoms with E-state index in [2.05, 4.69) is 5.10 Å². The summed E-state index contributed by atoms with van der Waals surface area (Å²) in [6, 6.07) is 18.8. The topological polar surface area (TPSA) is 70.4 Å². The van der Waals surface area contributed by atoms with E-state index in [1.807, 2.05) is 60.7 Å². The lowest BCUT2D eigenvalue weighted by Gasteiger charge is -2.16. The van der Waals surface area contributed by atoms with Gasteiger partial charge in [0.25, 0.3) is 5.56 Å². The van der Waals surface area contributed by atoms with Crippen molar-refractivity contribution >= 4 is 5.97 Å². The highest BCUT2D eigenvalue weighted by molar-refractivity contribution is 6.00. The smallest absolute Gasteiger partial charge is 0.344 e. The van der Waals surface area contributed by atoms with Gasteiger partial charge in [0.15, 0.2) is 0 Å². The molecule has 1 aromatic heterocycles. The zero-order chi connectivity index (χ0) is 20.2. The maximum absolute atomic E-state index is 13.0. The van der Waals surface area contributed by atoms with Crippen molar-refractivity contribution in [3.63, 3.8) is 0 Å². The van der Waals surface area contributed by atoms with Gasteiger partial charge in [-0.05, 0) is 18.4 Å². The van der Waals surface area contributed by atoms with Crippen LogP contribution >= 0.6 is 0 Å². The molecule has 6 nitrogen and oxygen atoms in total. The Morgan fingerprint density at radius 1 is 1.10 bits per heavy atom. The molecule has 0 N–H and O–H groups in total. The third kappa shape index (κ3) is 3.98. The van der Waals surface area contributed by atoms with E-state index in [-0.39, 0.29) is 18.3 Å². The van der Waals surface area contributed by atoms with Crippen LogP contribution in [0.1, 0.15) is 23.2 Å². The van der Waals surface area contributed by atoms with Crippen LogP contribution in [0.3, 0.4) is 0 Å². The number of carbonyl (C=O) groups excluding carboxylic acids is 1. The van der Waals surface area contributed by atoms with Crippen molar-refractivity contribution in [1.82, 2.24) is 9.78 Å². The van der Waals surface area contributed by atoms with Crippen LogP contribution in [-0.2, 0) is 16.5 Å². The van der Waals surface area contributed by atoms with E-state index in [0.717, 1.165) is 24.0 Å². The molecule has 1 aliphatic rings. The van der Waals surface area contributed by atoms with Gasteiger partial charge in [0.05, 0.1) is 11.8 Å². The van der Waals surface area contributed by atoms with Crippen LogP contribution in [0, 0.1) is 0 Å². The third-order valence-electron chi connectivity index (χ3n) is 4.98. The Morgan fingerprint density at radius 2 is 1.76 bits per heavy atom. The zero-order valence-corrected chi connectivity index (χ0v) is 16.2. The highest BCUT2D eigenvalue weighted by Gasteiger charge is 2.26. The highest BCUT2D eigenvalue weighted by Crippen LogP contribution is 2.32. The van der Waals surface area contributed by atoms with Gasteiger partial charge in [-0.2, -0.15) is 5.10 Å². The molecule has 1 saturated heterocycles. The van der Waals surface area contributed by atoms with Gasteiger partial charge in [0, 0.05) is 24.8 Å². The molecular weight excluding hydrogens is 368 g/mol. The maximum atomic E-state index is 13.0. The Morgan fingerprint density at radius 3 is 2.38 bits per heavy atom. The Kier molecular flexibility index (Phi) is 5.53. The molecule has 0 bridgehead atoms. The van der Waals surface area contributed by atoms with Crippen molar-refractivity contribution in [2.45, 2.75) is 18.9 Å². The average molecular weight is 390 g/mol. The summed E-state index contributed by atoms with van der Waals surface area (Å²) in [7, 11) is 1.54. The third-order valence-corrected chi connectivity index (χ3v) is 4.98. The second kappa shape index (κ2) is 8.41. The fourth-order valence-electron chi connectivity index (χ4n) is 3.52. The Balaban J connectivity index is 1.85. The minimum atomic E-state index is -0.653. The molecule has 4 rings (SSSR count). The van der Waals surface area contributed by atoms with Crippen molar-refractivity contribution < 1.29 is 14.3 Å². The fraction of sp³-hybridized carbons (Fsp3) is 0.261. The largest absolute Gasteiger partial charge is 0.459 e. The van der Waals surface area contributed by atoms with Crippen LogP contribution in [-0.4, -0.2) is 35.1 Å². The van der Waals surface area contributed by atoms with Crippen molar-refractivity contribution in [3.8, 4) is 22.4 Å². The number of hydrogen-bond donors (Lipinski definition) is 0. The molecule has 0 spiro atoms. The van der Waals surface area contributed by atoms with Gasteiger partial charge in [-0.25, -0.2) is 9.48 Å². The molecule has 0 radical (unpaired) electrons. The van der Waals surface area contributed by atoms with Crippen molar-refractivity contribution in [3.05, 3.63) is 76.6 Å². The lowest BCUT2D eigenvalue weighted by molar-refractivity contribution is 0.0160. The maximum Gasteiger partial charge on any atom is 0.344 e. The summed E-state index contributed by atoms with van der Waals surface area (Å²) in [5, 5.41) is 4.47. The summed E-state index contributed by atoms with van der Waals surface area (Å²) < 4.78 is 12.2. The normalized spacial score (nSPS) is 16.0. The van der Waals surface area contributed by atoms with Crippen LogP contribution in [0.2, 0.25) is 0 Å². The molecular formula is C23H22N2O4. The monoisotopic (exact) mass is 390 g/mol. The number of carbonyl (C=O) groups is 1. The second-order valence-corrected chi connectivity index (χ2v) is 6.99. The molecule has 148 valence electrons. The Labute approximate surface area is 168 Å². The van der Waals surface area contributed by atoms with E-state index in [1.54, 1.807) is 7.05 Å². The molecule has 0 aliphatic carbocycles. The lowest BCUT2D eigenvalue weighted by Crippen LogP contribution is -2.30. The number of aromatic nitrogens is 2. The van der Waals surface area contributed by atoms with Crippen LogP contribution in [0.15, 0.2) is 65.5 Å². The van der Waals surface area contributed by atoms with Gasteiger partial charge < -0.3 is 9.47 Å². The minimum absolute atomic E-state index is 0.00875. The Bertz CT molecular complexity index is 1060. The minimum Gasteiger partial charge on any atom is -0.459 e. The van der Waals surface area contributed by atoms with Crippen LogP contribution in [0.4, 0.5) is 0 Å². The lowest BCUT2D eigenvalue weighted by atomic mass is 9.95. The summed E-state index contributed by atoms with van der Waals surface area (Å²) in [5.74, 6) is -0.653. The molecule has 1 atom stereocenters. The number of ether oxygens (including phenoxy) is 2. The molecule has 0 amide bonds. The summed E-state index contributed by atoms with van der Waals surface area (Å²) >= 11 is 0. The predicted molar refractivity (Wildman–Crippen MR) is 110 cm³/mol. The van der Waals surface area contributed by atoms with E-state index >= 15 is 0 Å². The second-order valence-electron chi connectivity index (χ2n) is 6.99. The predicted octanol–water partition coefficient (Wildman–Crippen LogP) is 3.45. The first kappa shape index (κ1) is 19.1. The standard InChI is InChI=1S/C23H22N2O4/c1-25-22(26)20(23(27)29-15-18-13-8-14-28-18)19(16-9-4-2-5-10-16)21(24-25)17-11-6-3-7-12-17/h2-7,9-12,18H,8,13-15H2,1H3/t18-/m1/s1. The summed E-state index contributed by atoms with van der Waals surface area (Å²) in [6.45, 7) is 0.811. The van der Waals surface area contributed by atoms with Crippen LogP contribution in [0.25, 0.3) is 22.4 Å². The van der Waals surface area contributed by atoms with E-state index < -0.39 is 11.5 Å². The molecule has 1 fully saturated rings. The van der Waals surface area contributed by atoms with Crippen molar-refractivity contribution in [2.24, 2.45) is 7.05 Å². The average Bonchev–Trinajstić information content (AvgIpc) is 3.28. The number of hydrogen-bond acceptors (Lipinski definition) is 5. The number of rotatable bonds is 5. The Hall–Kier alpha value is -3.25. The number of benzene rings is 2. The SMILES string of the molecule is Cn1nc(-c2ccccc2)c(-c2ccccc2)c(C(=O)OC[C@H]2CCCO2)c1=O. The first-order valence-corrected chi connectivity index (χ1v) is 9.66. The number of nitrogens with zero attached hydrogens (tertiary/aromatic N) is 2. The molecule has 0 unspecified atom stereocenters. The first-order valence-electron chi connectivity index (χ1n) is 9.66. The highest BCUT2D eigenvalue weighted by atomic mass is 16.6. The summed E-state index contributed by atoms with van der Waals surface area (Å²) in [6.07, 6.45) is 1.69. The van der Waals surface area contributed by atoms with E-state index in [9.17, 15) is 9.59 Å². The summed E-state index contributed by atoms with van der Waals surface area (Å²) in [4.78, 5) is 26.0.